The molecule has 82 valence electrons. The summed E-state index contributed by atoms with van der Waals surface area (Å²) in [5, 5.41) is 1.22. The van der Waals surface area contributed by atoms with Gasteiger partial charge in [0.25, 0.3) is 0 Å². The van der Waals surface area contributed by atoms with Crippen LogP contribution in [0.3, 0.4) is 0 Å². The molecule has 0 radical (unpaired) electrons. The highest BCUT2D eigenvalue weighted by Gasteiger charge is 2.17. The summed E-state index contributed by atoms with van der Waals surface area (Å²) in [5.41, 5.74) is 1.11. The highest BCUT2D eigenvalue weighted by Crippen LogP contribution is 2.47. The third-order valence-corrected chi connectivity index (χ3v) is 4.00. The van der Waals surface area contributed by atoms with E-state index in [9.17, 15) is 0 Å². The summed E-state index contributed by atoms with van der Waals surface area (Å²) < 4.78 is 5.91. The zero-order valence-electron chi connectivity index (χ0n) is 8.94. The van der Waals surface area contributed by atoms with E-state index in [1.807, 2.05) is 24.4 Å². The van der Waals surface area contributed by atoms with Gasteiger partial charge in [0, 0.05) is 23.2 Å². The molecule has 0 fully saturated rings. The maximum Gasteiger partial charge on any atom is 0.143 e. The van der Waals surface area contributed by atoms with E-state index in [1.54, 1.807) is 11.8 Å². The van der Waals surface area contributed by atoms with Gasteiger partial charge in [0.05, 0.1) is 9.79 Å². The lowest BCUT2D eigenvalue weighted by atomic mass is 10.2. The van der Waals surface area contributed by atoms with E-state index in [-0.39, 0.29) is 0 Å². The number of benzene rings is 2. The molecule has 1 aliphatic heterocycles. The van der Waals surface area contributed by atoms with Gasteiger partial charge in [0.1, 0.15) is 11.5 Å². The maximum atomic E-state index is 5.91. The second-order valence-corrected chi connectivity index (χ2v) is 5.10. The smallest absolute Gasteiger partial charge is 0.143 e. The average molecular weight is 239 g/mol. The Kier molecular flexibility index (Phi) is 1.79. The van der Waals surface area contributed by atoms with Crippen molar-refractivity contribution in [3.63, 3.8) is 0 Å². The quantitative estimate of drug-likeness (QED) is 0.491. The maximum absolute atomic E-state index is 5.91. The summed E-state index contributed by atoms with van der Waals surface area (Å²) in [5.74, 6) is 1.87. The number of aromatic amines is 1. The lowest BCUT2D eigenvalue weighted by Gasteiger charge is -2.19. The van der Waals surface area contributed by atoms with Crippen LogP contribution in [-0.4, -0.2) is 4.98 Å². The molecular formula is C14H9NOS. The predicted molar refractivity (Wildman–Crippen MR) is 68.9 cm³/mol. The van der Waals surface area contributed by atoms with Gasteiger partial charge < -0.3 is 9.72 Å². The van der Waals surface area contributed by atoms with E-state index >= 15 is 0 Å². The molecule has 17 heavy (non-hydrogen) atoms. The number of hydrogen-bond donors (Lipinski definition) is 1. The van der Waals surface area contributed by atoms with Crippen LogP contribution >= 0.6 is 11.8 Å². The predicted octanol–water partition coefficient (Wildman–Crippen LogP) is 4.42. The SMILES string of the molecule is c1ccc2c(c1)Oc1cc3[nH]ccc3cc1S2. The van der Waals surface area contributed by atoms with Crippen LogP contribution in [0.25, 0.3) is 10.9 Å². The van der Waals surface area contributed by atoms with E-state index in [0.717, 1.165) is 17.0 Å². The summed E-state index contributed by atoms with van der Waals surface area (Å²) in [6, 6.07) is 14.4. The van der Waals surface area contributed by atoms with E-state index in [1.165, 1.54) is 15.2 Å². The topological polar surface area (TPSA) is 25.0 Å². The van der Waals surface area contributed by atoms with Crippen molar-refractivity contribution in [3.8, 4) is 11.5 Å². The van der Waals surface area contributed by atoms with Gasteiger partial charge in [-0.15, -0.1) is 0 Å². The third-order valence-electron chi connectivity index (χ3n) is 2.91. The monoisotopic (exact) mass is 239 g/mol. The minimum Gasteiger partial charge on any atom is -0.455 e. The standard InChI is InChI=1S/C14H9NOS/c1-2-4-13-11(3-1)16-12-8-10-9(5-6-15-10)7-14(12)17-13/h1-8,15H. The molecule has 0 saturated carbocycles. The number of nitrogens with one attached hydrogen (secondary N) is 1. The first-order chi connectivity index (χ1) is 8.40. The average Bonchev–Trinajstić information content (AvgIpc) is 2.80. The van der Waals surface area contributed by atoms with Crippen LogP contribution < -0.4 is 4.74 Å². The lowest BCUT2D eigenvalue weighted by molar-refractivity contribution is 0.455. The minimum absolute atomic E-state index is 0.934. The van der Waals surface area contributed by atoms with Gasteiger partial charge in [-0.3, -0.25) is 0 Å². The normalized spacial score (nSPS) is 12.9. The van der Waals surface area contributed by atoms with Crippen LogP contribution in [0.5, 0.6) is 11.5 Å². The molecule has 2 nitrogen and oxygen atoms in total. The summed E-state index contributed by atoms with van der Waals surface area (Å²) in [6.45, 7) is 0. The molecule has 1 aliphatic rings. The molecule has 1 N–H and O–H groups in total. The molecule has 4 rings (SSSR count). The van der Waals surface area contributed by atoms with Gasteiger partial charge in [-0.25, -0.2) is 0 Å². The van der Waals surface area contributed by atoms with Gasteiger partial charge in [-0.2, -0.15) is 0 Å². The van der Waals surface area contributed by atoms with Crippen LogP contribution in [0, 0.1) is 0 Å². The van der Waals surface area contributed by atoms with Crippen LogP contribution in [0.1, 0.15) is 0 Å². The Labute approximate surface area is 103 Å². The molecule has 3 aromatic rings. The van der Waals surface area contributed by atoms with Crippen LogP contribution in [0.2, 0.25) is 0 Å². The lowest BCUT2D eigenvalue weighted by Crippen LogP contribution is -1.94. The number of para-hydroxylation sites is 1. The molecule has 0 atom stereocenters. The Bertz CT molecular complexity index is 658. The fourth-order valence-electron chi connectivity index (χ4n) is 2.08. The first-order valence-corrected chi connectivity index (χ1v) is 6.28. The van der Waals surface area contributed by atoms with Crippen molar-refractivity contribution in [2.45, 2.75) is 9.79 Å². The van der Waals surface area contributed by atoms with Crippen molar-refractivity contribution in [3.05, 3.63) is 48.7 Å². The van der Waals surface area contributed by atoms with Crippen molar-refractivity contribution in [1.29, 1.82) is 0 Å². The van der Waals surface area contributed by atoms with Crippen molar-refractivity contribution < 1.29 is 4.74 Å². The second kappa shape index (κ2) is 3.31. The molecular weight excluding hydrogens is 230 g/mol. The summed E-state index contributed by atoms with van der Waals surface area (Å²) in [4.78, 5) is 5.56. The van der Waals surface area contributed by atoms with E-state index in [2.05, 4.69) is 29.2 Å². The number of rotatable bonds is 0. The van der Waals surface area contributed by atoms with Crippen LogP contribution in [0.15, 0.2) is 58.5 Å². The van der Waals surface area contributed by atoms with E-state index in [0.29, 0.717) is 0 Å². The van der Waals surface area contributed by atoms with Gasteiger partial charge in [-0.1, -0.05) is 23.9 Å². The molecule has 1 aromatic heterocycles. The molecule has 0 unspecified atom stereocenters. The summed E-state index contributed by atoms with van der Waals surface area (Å²) in [6.07, 6.45) is 1.95. The zero-order valence-corrected chi connectivity index (χ0v) is 9.75. The van der Waals surface area contributed by atoms with E-state index < -0.39 is 0 Å². The number of hydrogen-bond acceptors (Lipinski definition) is 2. The molecule has 0 amide bonds. The molecule has 0 aliphatic carbocycles. The van der Waals surface area contributed by atoms with Crippen molar-refractivity contribution in [2.75, 3.05) is 0 Å². The van der Waals surface area contributed by atoms with E-state index in [4.69, 9.17) is 4.74 Å². The van der Waals surface area contributed by atoms with Crippen molar-refractivity contribution >= 4 is 22.7 Å². The molecule has 0 saturated heterocycles. The van der Waals surface area contributed by atoms with Crippen molar-refractivity contribution in [2.24, 2.45) is 0 Å². The van der Waals surface area contributed by atoms with Gasteiger partial charge in [0.2, 0.25) is 0 Å². The Morgan fingerprint density at radius 1 is 0.941 bits per heavy atom. The fourth-order valence-corrected chi connectivity index (χ4v) is 3.06. The first kappa shape index (κ1) is 9.19. The Hall–Kier alpha value is -1.87. The zero-order chi connectivity index (χ0) is 11.2. The molecule has 3 heteroatoms. The van der Waals surface area contributed by atoms with Gasteiger partial charge in [0.15, 0.2) is 0 Å². The highest BCUT2D eigenvalue weighted by molar-refractivity contribution is 7.99. The minimum atomic E-state index is 0.934. The van der Waals surface area contributed by atoms with Crippen LogP contribution in [-0.2, 0) is 0 Å². The Morgan fingerprint density at radius 2 is 1.88 bits per heavy atom. The van der Waals surface area contributed by atoms with Gasteiger partial charge in [-0.05, 0) is 24.3 Å². The first-order valence-electron chi connectivity index (χ1n) is 5.46. The Balaban J connectivity index is 1.93. The summed E-state index contributed by atoms with van der Waals surface area (Å²) in [7, 11) is 0. The van der Waals surface area contributed by atoms with Crippen LogP contribution in [0.4, 0.5) is 0 Å². The number of fused-ring (bicyclic) bond motifs is 3. The summed E-state index contributed by atoms with van der Waals surface area (Å²) >= 11 is 1.76. The molecule has 2 heterocycles. The molecule has 2 aromatic carbocycles. The molecule has 0 spiro atoms. The van der Waals surface area contributed by atoms with Gasteiger partial charge >= 0.3 is 0 Å². The molecule has 0 bridgehead atoms. The van der Waals surface area contributed by atoms with Crippen molar-refractivity contribution in [1.82, 2.24) is 4.98 Å². The second-order valence-electron chi connectivity index (χ2n) is 4.01. The largest absolute Gasteiger partial charge is 0.455 e. The highest BCUT2D eigenvalue weighted by atomic mass is 32.2. The Morgan fingerprint density at radius 3 is 2.88 bits per heavy atom. The third kappa shape index (κ3) is 1.36. The number of aromatic nitrogens is 1. The fraction of sp³-hybridized carbons (Fsp3) is 0. The number of H-pyrrole nitrogens is 1. The number of ether oxygens (including phenoxy) is 1.